The van der Waals surface area contributed by atoms with Crippen LogP contribution in [0.3, 0.4) is 0 Å². The molecule has 0 aliphatic carbocycles. The van der Waals surface area contributed by atoms with Crippen LogP contribution in [0.5, 0.6) is 5.75 Å². The van der Waals surface area contributed by atoms with E-state index in [4.69, 9.17) is 18.9 Å². The van der Waals surface area contributed by atoms with Gasteiger partial charge in [-0.1, -0.05) is 110 Å². The third-order valence-electron chi connectivity index (χ3n) is 17.7. The zero-order valence-corrected chi connectivity index (χ0v) is 47.1. The molecule has 1 aromatic carbocycles. The molecule has 18 atom stereocenters. The van der Waals surface area contributed by atoms with Gasteiger partial charge < -0.3 is 50.2 Å². The Morgan fingerprint density at radius 1 is 0.961 bits per heavy atom. The predicted molar refractivity (Wildman–Crippen MR) is 291 cm³/mol. The van der Waals surface area contributed by atoms with E-state index in [9.17, 15) is 39.3 Å². The quantitative estimate of drug-likeness (QED) is 0.0864. The van der Waals surface area contributed by atoms with E-state index < -0.39 is 83.9 Å². The first kappa shape index (κ1) is 59.7. The van der Waals surface area contributed by atoms with Gasteiger partial charge in [-0.15, -0.1) is 0 Å². The van der Waals surface area contributed by atoms with Crippen LogP contribution in [0.15, 0.2) is 72.4 Å². The standard InChI is InChI=1S/C60H89N5O12/c1-11-42-30-37(6)60(63-54(42)69)40(9)52(68)38(7)50(76-60)33-47(67)35(4)20-14-12-15-21-36(5)48-25-16-13-17-26-49-39(8)53-44(27-28-59(10,75-49)77-53)55(70)62-51(34(2)3)56(71)61-46(32-41-22-18-23-43(66)31-41)57(72)65-29-19-24-45(64-65)58(73)74-48/h12-13,15-18,21-23,26,31,34-35,37-40,42,44-53,64,66-68H,11,14,19-20,24-25,27-30,32-33H2,1-10H3,(H,61,71)(H,62,70)(H,63,69)/b15-12+,16-13-,26-17-,36-21+/t35-,37-,38-,39-,40-,42-,44+,45-,46-,47-,48-,49-,50-,51-,52-,53+,59+,60+/m0/s1. The Morgan fingerprint density at radius 3 is 2.45 bits per heavy atom. The number of aliphatic hydroxyl groups excluding tert-OH is 2. The molecular weight excluding hydrogens is 983 g/mol. The number of nitrogens with zero attached hydrogens (tertiary/aromatic N) is 1. The SMILES string of the molecule is CC[C@H]1C[C@H](C)[C@@]2(NC1=O)O[C@@H](C[C@H](O)[C@@H](C)CC/C=C/C=C(\C)[C@@H]1C/C=C\C=C/[C@@H]3O[C@@]4(C)CC[C@@H](C(=O)N[C@@H](C(C)C)C(=O)N[C@@H](Cc5cccc(O)c5)C(=O)N5CCC[C@H](N5)C(=O)O1)[C@H](O4)[C@H]3C)[C@H](C)[C@H](O)[C@@H]2C. The minimum Gasteiger partial charge on any atom is -0.508 e. The third kappa shape index (κ3) is 14.1. The van der Waals surface area contributed by atoms with Crippen molar-refractivity contribution in [2.75, 3.05) is 6.54 Å². The summed E-state index contributed by atoms with van der Waals surface area (Å²) in [4.78, 5) is 70.4. The number of benzene rings is 1. The van der Waals surface area contributed by atoms with Crippen molar-refractivity contribution in [3.05, 3.63) is 77.9 Å². The molecular formula is C60H89N5O12. The van der Waals surface area contributed by atoms with E-state index in [0.29, 0.717) is 63.4 Å². The minimum absolute atomic E-state index is 0.00505. The highest BCUT2D eigenvalue weighted by Gasteiger charge is 2.57. The zero-order valence-electron chi connectivity index (χ0n) is 47.1. The van der Waals surface area contributed by atoms with Crippen LogP contribution in [0.2, 0.25) is 0 Å². The maximum absolute atomic E-state index is 14.6. The number of hydrazine groups is 1. The molecule has 426 valence electrons. The molecule has 0 aromatic heterocycles. The van der Waals surface area contributed by atoms with E-state index in [-0.39, 0.29) is 78.1 Å². The van der Waals surface area contributed by atoms with Gasteiger partial charge in [-0.2, -0.15) is 0 Å². The second-order valence-corrected chi connectivity index (χ2v) is 23.8. The number of esters is 1. The van der Waals surface area contributed by atoms with Gasteiger partial charge in [0.25, 0.3) is 5.91 Å². The van der Waals surface area contributed by atoms with E-state index in [1.54, 1.807) is 12.1 Å². The summed E-state index contributed by atoms with van der Waals surface area (Å²) < 4.78 is 26.0. The summed E-state index contributed by atoms with van der Waals surface area (Å²) in [6.45, 7) is 19.7. The number of aliphatic hydroxyl groups is 2. The van der Waals surface area contributed by atoms with Gasteiger partial charge in [0.15, 0.2) is 5.79 Å². The van der Waals surface area contributed by atoms with Gasteiger partial charge in [0, 0.05) is 61.8 Å². The second kappa shape index (κ2) is 25.9. The number of cyclic esters (lactones) is 1. The molecule has 77 heavy (non-hydrogen) atoms. The molecule has 6 aliphatic rings. The van der Waals surface area contributed by atoms with Crippen LogP contribution in [-0.2, 0) is 49.3 Å². The van der Waals surface area contributed by atoms with Gasteiger partial charge >= 0.3 is 5.97 Å². The van der Waals surface area contributed by atoms with Crippen LogP contribution in [0.4, 0.5) is 0 Å². The summed E-state index contributed by atoms with van der Waals surface area (Å²) in [6.07, 6.45) is 15.4. The van der Waals surface area contributed by atoms with E-state index in [0.717, 1.165) is 12.0 Å². The number of hydrogen-bond donors (Lipinski definition) is 7. The van der Waals surface area contributed by atoms with Crippen LogP contribution in [0.25, 0.3) is 0 Å². The molecule has 6 heterocycles. The van der Waals surface area contributed by atoms with Crippen LogP contribution >= 0.6 is 0 Å². The molecule has 17 nitrogen and oxygen atoms in total. The highest BCUT2D eigenvalue weighted by molar-refractivity contribution is 5.93. The number of hydrogen-bond acceptors (Lipinski definition) is 13. The number of allylic oxidation sites excluding steroid dienone is 5. The first-order chi connectivity index (χ1) is 36.5. The lowest BCUT2D eigenvalue weighted by molar-refractivity contribution is -0.344. The summed E-state index contributed by atoms with van der Waals surface area (Å²) in [7, 11) is 0. The van der Waals surface area contributed by atoms with Crippen molar-refractivity contribution in [3.8, 4) is 5.75 Å². The fraction of sp³-hybridized carbons (Fsp3) is 0.683. The smallest absolute Gasteiger partial charge is 0.325 e. The Kier molecular flexibility index (Phi) is 20.1. The Morgan fingerprint density at radius 2 is 1.73 bits per heavy atom. The van der Waals surface area contributed by atoms with E-state index in [2.05, 4.69) is 28.3 Å². The number of piperidine rings is 1. The molecule has 0 unspecified atom stereocenters. The molecule has 0 saturated carbocycles. The average Bonchev–Trinajstić information content (AvgIpc) is 3.40. The minimum atomic E-state index is -1.13. The number of phenolic OH excluding ortho intramolecular Hbond substituents is 1. The number of ether oxygens (including phenoxy) is 4. The largest absolute Gasteiger partial charge is 0.508 e. The van der Waals surface area contributed by atoms with Crippen molar-refractivity contribution < 1.29 is 58.2 Å². The number of amides is 4. The molecule has 17 heteroatoms. The Hall–Kier alpha value is -4.91. The molecule has 5 fully saturated rings. The summed E-state index contributed by atoms with van der Waals surface area (Å²) in [5.74, 6) is -4.70. The number of carbonyl (C=O) groups is 5. The van der Waals surface area contributed by atoms with Gasteiger partial charge in [0.05, 0.1) is 36.4 Å². The molecule has 7 rings (SSSR count). The summed E-state index contributed by atoms with van der Waals surface area (Å²) in [5.41, 5.74) is 3.50. The number of phenols is 1. The van der Waals surface area contributed by atoms with Crippen molar-refractivity contribution in [2.45, 2.75) is 206 Å². The van der Waals surface area contributed by atoms with Crippen molar-refractivity contribution in [2.24, 2.45) is 47.3 Å². The molecule has 1 aromatic rings. The van der Waals surface area contributed by atoms with Crippen LogP contribution < -0.4 is 21.4 Å². The van der Waals surface area contributed by atoms with E-state index in [1.807, 2.05) is 105 Å². The lowest BCUT2D eigenvalue weighted by Gasteiger charge is -2.56. The van der Waals surface area contributed by atoms with Gasteiger partial charge in [-0.05, 0) is 93.9 Å². The molecule has 5 saturated heterocycles. The van der Waals surface area contributed by atoms with Crippen molar-refractivity contribution >= 4 is 29.6 Å². The van der Waals surface area contributed by atoms with E-state index >= 15 is 0 Å². The van der Waals surface area contributed by atoms with Gasteiger partial charge in [0.1, 0.15) is 35.7 Å². The highest BCUT2D eigenvalue weighted by Crippen LogP contribution is 2.47. The second-order valence-electron chi connectivity index (χ2n) is 23.8. The van der Waals surface area contributed by atoms with Gasteiger partial charge in [-0.25, -0.2) is 5.43 Å². The average molecular weight is 1070 g/mol. The first-order valence-electron chi connectivity index (χ1n) is 28.6. The molecule has 7 N–H and O–H groups in total. The summed E-state index contributed by atoms with van der Waals surface area (Å²) in [6, 6.07) is 3.48. The van der Waals surface area contributed by atoms with Crippen LogP contribution in [0.1, 0.15) is 139 Å². The van der Waals surface area contributed by atoms with Crippen LogP contribution in [-0.4, -0.2) is 123 Å². The lowest BCUT2D eigenvalue weighted by Crippen LogP contribution is -2.71. The van der Waals surface area contributed by atoms with Gasteiger partial charge in [-0.3, -0.25) is 29.0 Å². The summed E-state index contributed by atoms with van der Waals surface area (Å²) >= 11 is 0. The monoisotopic (exact) mass is 1070 g/mol. The van der Waals surface area contributed by atoms with Crippen molar-refractivity contribution in [1.29, 1.82) is 0 Å². The van der Waals surface area contributed by atoms with Crippen molar-refractivity contribution in [3.63, 3.8) is 0 Å². The summed E-state index contributed by atoms with van der Waals surface area (Å²) in [5, 5.41) is 43.7. The molecule has 6 aliphatic heterocycles. The number of aromatic hydroxyl groups is 1. The first-order valence-corrected chi connectivity index (χ1v) is 28.6. The van der Waals surface area contributed by atoms with E-state index in [1.165, 1.54) is 17.1 Å². The third-order valence-corrected chi connectivity index (χ3v) is 17.7. The fourth-order valence-electron chi connectivity index (χ4n) is 12.4. The van der Waals surface area contributed by atoms with Crippen LogP contribution in [0, 0.1) is 47.3 Å². The Bertz CT molecular complexity index is 2370. The van der Waals surface area contributed by atoms with Gasteiger partial charge in [0.2, 0.25) is 17.7 Å². The molecule has 0 radical (unpaired) electrons. The normalized spacial score (nSPS) is 38.5. The van der Waals surface area contributed by atoms with Crippen molar-refractivity contribution in [1.82, 2.24) is 26.4 Å². The number of carbonyl (C=O) groups excluding carboxylic acids is 5. The maximum atomic E-state index is 14.6. The maximum Gasteiger partial charge on any atom is 0.325 e. The topological polar surface area (TPSA) is 234 Å². The highest BCUT2D eigenvalue weighted by atomic mass is 16.7. The number of nitrogens with one attached hydrogen (secondary N) is 4. The Balaban J connectivity index is 1.07. The number of rotatable bonds is 12. The fourth-order valence-corrected chi connectivity index (χ4v) is 12.4. The molecule has 4 amide bonds. The zero-order chi connectivity index (χ0) is 55.9. The molecule has 5 bridgehead atoms. The number of fused-ring (bicyclic) bond motifs is 4. The molecule has 1 spiro atoms. The Labute approximate surface area is 456 Å². The predicted octanol–water partition coefficient (Wildman–Crippen LogP) is 6.61. The lowest BCUT2D eigenvalue weighted by atomic mass is 9.69.